The minimum atomic E-state index is -3.50. The number of hydrogen-bond donors (Lipinski definition) is 1. The second kappa shape index (κ2) is 4.66. The van der Waals surface area contributed by atoms with E-state index in [1.165, 1.54) is 10.4 Å². The fourth-order valence-corrected chi connectivity index (χ4v) is 4.25. The molecule has 1 aromatic rings. The fraction of sp³-hybridized carbons (Fsp3) is 0.500. The molecule has 0 amide bonds. The average Bonchev–Trinajstić information content (AvgIpc) is 3.06. The van der Waals surface area contributed by atoms with E-state index in [9.17, 15) is 8.42 Å². The first kappa shape index (κ1) is 12.7. The highest BCUT2D eigenvalue weighted by Gasteiger charge is 2.35. The maximum absolute atomic E-state index is 12.6. The lowest BCUT2D eigenvalue weighted by Gasteiger charge is -2.22. The van der Waals surface area contributed by atoms with Crippen molar-refractivity contribution in [2.24, 2.45) is 5.73 Å². The van der Waals surface area contributed by atoms with Gasteiger partial charge < -0.3 is 15.2 Å². The molecular formula is C12H16N2O4S. The van der Waals surface area contributed by atoms with Crippen molar-refractivity contribution in [3.63, 3.8) is 0 Å². The quantitative estimate of drug-likeness (QED) is 0.875. The molecule has 0 radical (unpaired) electrons. The van der Waals surface area contributed by atoms with Gasteiger partial charge in [0.15, 0.2) is 11.5 Å². The maximum atomic E-state index is 12.6. The van der Waals surface area contributed by atoms with Gasteiger partial charge in [-0.05, 0) is 25.0 Å². The molecule has 1 saturated heterocycles. The van der Waals surface area contributed by atoms with Crippen molar-refractivity contribution in [3.8, 4) is 11.5 Å². The largest absolute Gasteiger partial charge is 0.454 e. The monoisotopic (exact) mass is 284 g/mol. The Balaban J connectivity index is 1.96. The van der Waals surface area contributed by atoms with Crippen molar-refractivity contribution >= 4 is 10.0 Å². The Hall–Kier alpha value is -1.31. The molecule has 0 spiro atoms. The number of fused-ring (bicyclic) bond motifs is 1. The van der Waals surface area contributed by atoms with Gasteiger partial charge in [-0.3, -0.25) is 0 Å². The van der Waals surface area contributed by atoms with Crippen LogP contribution in [0.2, 0.25) is 0 Å². The Labute approximate surface area is 112 Å². The smallest absolute Gasteiger partial charge is 0.243 e. The number of sulfonamides is 1. The molecule has 1 aromatic carbocycles. The zero-order valence-corrected chi connectivity index (χ0v) is 11.2. The number of nitrogens with zero attached hydrogens (tertiary/aromatic N) is 1. The molecule has 0 saturated carbocycles. The maximum Gasteiger partial charge on any atom is 0.243 e. The van der Waals surface area contributed by atoms with Gasteiger partial charge in [0, 0.05) is 25.2 Å². The highest BCUT2D eigenvalue weighted by Crippen LogP contribution is 2.35. The van der Waals surface area contributed by atoms with Crippen LogP contribution in [-0.4, -0.2) is 38.6 Å². The highest BCUT2D eigenvalue weighted by molar-refractivity contribution is 7.89. The summed E-state index contributed by atoms with van der Waals surface area (Å²) in [4.78, 5) is 0.233. The van der Waals surface area contributed by atoms with Crippen LogP contribution in [0.4, 0.5) is 0 Å². The molecule has 0 bridgehead atoms. The molecule has 2 heterocycles. The van der Waals surface area contributed by atoms with E-state index in [4.69, 9.17) is 15.2 Å². The van der Waals surface area contributed by atoms with Crippen molar-refractivity contribution in [1.82, 2.24) is 4.31 Å². The van der Waals surface area contributed by atoms with Crippen molar-refractivity contribution in [2.45, 2.75) is 23.8 Å². The van der Waals surface area contributed by atoms with Crippen LogP contribution < -0.4 is 15.2 Å². The molecule has 0 aromatic heterocycles. The predicted molar refractivity (Wildman–Crippen MR) is 68.5 cm³/mol. The molecule has 104 valence electrons. The normalized spacial score (nSPS) is 22.9. The molecule has 2 aliphatic heterocycles. The van der Waals surface area contributed by atoms with Crippen molar-refractivity contribution in [2.75, 3.05) is 19.9 Å². The van der Waals surface area contributed by atoms with E-state index in [0.29, 0.717) is 24.6 Å². The number of hydrogen-bond acceptors (Lipinski definition) is 5. The third-order valence-electron chi connectivity index (χ3n) is 3.55. The molecule has 19 heavy (non-hydrogen) atoms. The first-order valence-corrected chi connectivity index (χ1v) is 7.68. The zero-order chi connectivity index (χ0) is 13.5. The Morgan fingerprint density at radius 3 is 2.89 bits per heavy atom. The van der Waals surface area contributed by atoms with Crippen LogP contribution in [-0.2, 0) is 10.0 Å². The van der Waals surface area contributed by atoms with Gasteiger partial charge in [-0.15, -0.1) is 0 Å². The van der Waals surface area contributed by atoms with Crippen molar-refractivity contribution in [1.29, 1.82) is 0 Å². The van der Waals surface area contributed by atoms with E-state index in [-0.39, 0.29) is 17.7 Å². The molecule has 1 unspecified atom stereocenters. The Morgan fingerprint density at radius 1 is 1.32 bits per heavy atom. The molecule has 3 rings (SSSR count). The minimum absolute atomic E-state index is 0.101. The fourth-order valence-electron chi connectivity index (χ4n) is 2.53. The van der Waals surface area contributed by atoms with E-state index in [1.54, 1.807) is 12.1 Å². The summed E-state index contributed by atoms with van der Waals surface area (Å²) in [6.45, 7) is 1.01. The van der Waals surface area contributed by atoms with Crippen LogP contribution in [0, 0.1) is 0 Å². The van der Waals surface area contributed by atoms with Crippen LogP contribution in [0.1, 0.15) is 12.8 Å². The Morgan fingerprint density at radius 2 is 2.11 bits per heavy atom. The number of benzene rings is 1. The topological polar surface area (TPSA) is 81.9 Å². The molecule has 6 nitrogen and oxygen atoms in total. The summed E-state index contributed by atoms with van der Waals surface area (Å²) in [6, 6.07) is 4.59. The first-order chi connectivity index (χ1) is 9.13. The number of nitrogens with two attached hydrogens (primary N) is 1. The van der Waals surface area contributed by atoms with Crippen LogP contribution in [0.3, 0.4) is 0 Å². The van der Waals surface area contributed by atoms with Crippen LogP contribution >= 0.6 is 0 Å². The second-order valence-corrected chi connectivity index (χ2v) is 6.55. The summed E-state index contributed by atoms with van der Waals surface area (Å²) >= 11 is 0. The van der Waals surface area contributed by atoms with Gasteiger partial charge in [-0.25, -0.2) is 8.42 Å². The molecule has 7 heteroatoms. The van der Waals surface area contributed by atoms with Gasteiger partial charge >= 0.3 is 0 Å². The van der Waals surface area contributed by atoms with E-state index in [1.807, 2.05) is 0 Å². The van der Waals surface area contributed by atoms with E-state index >= 15 is 0 Å². The number of ether oxygens (including phenoxy) is 2. The van der Waals surface area contributed by atoms with Crippen LogP contribution in [0.5, 0.6) is 11.5 Å². The third kappa shape index (κ3) is 2.07. The lowest BCUT2D eigenvalue weighted by Crippen LogP contribution is -2.39. The van der Waals surface area contributed by atoms with E-state index in [2.05, 4.69) is 0 Å². The summed E-state index contributed by atoms with van der Waals surface area (Å²) in [5.41, 5.74) is 5.64. The summed E-state index contributed by atoms with van der Waals surface area (Å²) in [7, 11) is -3.50. The van der Waals surface area contributed by atoms with Gasteiger partial charge in [0.2, 0.25) is 16.8 Å². The Kier molecular flexibility index (Phi) is 3.12. The molecule has 1 atom stereocenters. The standard InChI is InChI=1S/C12H16N2O4S/c13-7-9-2-1-5-14(9)19(15,16)10-3-4-11-12(6-10)18-8-17-11/h3-4,6,9H,1-2,5,7-8,13H2. The van der Waals surface area contributed by atoms with Gasteiger partial charge in [0.25, 0.3) is 0 Å². The van der Waals surface area contributed by atoms with E-state index in [0.717, 1.165) is 12.8 Å². The average molecular weight is 284 g/mol. The summed E-state index contributed by atoms with van der Waals surface area (Å²) in [5.74, 6) is 1.06. The lowest BCUT2D eigenvalue weighted by molar-refractivity contribution is 0.174. The second-order valence-electron chi connectivity index (χ2n) is 4.66. The van der Waals surface area contributed by atoms with Gasteiger partial charge in [-0.2, -0.15) is 4.31 Å². The Bertz CT molecular complexity index is 587. The zero-order valence-electron chi connectivity index (χ0n) is 10.4. The summed E-state index contributed by atoms with van der Waals surface area (Å²) in [6.07, 6.45) is 1.67. The van der Waals surface area contributed by atoms with Gasteiger partial charge in [-0.1, -0.05) is 0 Å². The van der Waals surface area contributed by atoms with Gasteiger partial charge in [0.1, 0.15) is 0 Å². The molecule has 2 N–H and O–H groups in total. The van der Waals surface area contributed by atoms with Gasteiger partial charge in [0.05, 0.1) is 4.90 Å². The third-order valence-corrected chi connectivity index (χ3v) is 5.49. The highest BCUT2D eigenvalue weighted by atomic mass is 32.2. The first-order valence-electron chi connectivity index (χ1n) is 6.24. The summed E-state index contributed by atoms with van der Waals surface area (Å²) in [5, 5.41) is 0. The van der Waals surface area contributed by atoms with Crippen molar-refractivity contribution < 1.29 is 17.9 Å². The molecule has 2 aliphatic rings. The molecule has 1 fully saturated rings. The predicted octanol–water partition coefficient (Wildman–Crippen LogP) is 0.527. The minimum Gasteiger partial charge on any atom is -0.454 e. The van der Waals surface area contributed by atoms with Crippen LogP contribution in [0.25, 0.3) is 0 Å². The SMILES string of the molecule is NCC1CCCN1S(=O)(=O)c1ccc2c(c1)OCO2. The molecule has 0 aliphatic carbocycles. The summed E-state index contributed by atoms with van der Waals surface area (Å²) < 4.78 is 37.0. The van der Waals surface area contributed by atoms with Crippen LogP contribution in [0.15, 0.2) is 23.1 Å². The van der Waals surface area contributed by atoms with Crippen molar-refractivity contribution in [3.05, 3.63) is 18.2 Å². The lowest BCUT2D eigenvalue weighted by atomic mass is 10.2. The molecular weight excluding hydrogens is 268 g/mol. The number of rotatable bonds is 3. The van der Waals surface area contributed by atoms with E-state index < -0.39 is 10.0 Å².